The highest BCUT2D eigenvalue weighted by Gasteiger charge is 2.34. The Hall–Kier alpha value is -3.38. The van der Waals surface area contributed by atoms with Gasteiger partial charge >= 0.3 is 0 Å². The smallest absolute Gasteiger partial charge is 0.255 e. The van der Waals surface area contributed by atoms with Gasteiger partial charge < -0.3 is 15.0 Å². The lowest BCUT2D eigenvalue weighted by atomic mass is 9.95. The highest BCUT2D eigenvalue weighted by molar-refractivity contribution is 6.30. The van der Waals surface area contributed by atoms with E-state index < -0.39 is 6.04 Å². The first-order chi connectivity index (χ1) is 15.0. The van der Waals surface area contributed by atoms with Crippen LogP contribution in [-0.2, 0) is 4.79 Å². The van der Waals surface area contributed by atoms with Gasteiger partial charge in [0.25, 0.3) is 5.91 Å². The van der Waals surface area contributed by atoms with Crippen LogP contribution in [0.15, 0.2) is 66.7 Å². The topological polar surface area (TPSA) is 58.6 Å². The van der Waals surface area contributed by atoms with Gasteiger partial charge in [0, 0.05) is 21.8 Å². The molecule has 0 bridgehead atoms. The van der Waals surface area contributed by atoms with E-state index in [0.717, 1.165) is 0 Å². The van der Waals surface area contributed by atoms with E-state index in [0.29, 0.717) is 39.8 Å². The Bertz CT molecular complexity index is 1120. The molecule has 0 fully saturated rings. The molecule has 1 heterocycles. The van der Waals surface area contributed by atoms with Gasteiger partial charge in [0.05, 0.1) is 12.6 Å². The summed E-state index contributed by atoms with van der Waals surface area (Å²) in [6.45, 7) is 2.23. The number of nitrogens with zero attached hydrogens (tertiary/aromatic N) is 1. The summed E-state index contributed by atoms with van der Waals surface area (Å²) in [5.41, 5.74) is 2.30. The number of hydrogen-bond donors (Lipinski definition) is 1. The van der Waals surface area contributed by atoms with Crippen LogP contribution in [0.3, 0.4) is 0 Å². The lowest BCUT2D eigenvalue weighted by Gasteiger charge is -2.30. The Morgan fingerprint density at radius 3 is 2.52 bits per heavy atom. The van der Waals surface area contributed by atoms with Crippen LogP contribution < -0.4 is 10.1 Å². The Kier molecular flexibility index (Phi) is 5.91. The molecule has 1 aliphatic rings. The van der Waals surface area contributed by atoms with Crippen molar-refractivity contribution in [1.29, 1.82) is 0 Å². The number of rotatable bonds is 4. The van der Waals surface area contributed by atoms with Crippen LogP contribution in [0, 0.1) is 5.82 Å². The maximum absolute atomic E-state index is 13.6. The average Bonchev–Trinajstić information content (AvgIpc) is 2.90. The number of carbonyl (C=O) groups is 2. The third-order valence-corrected chi connectivity index (χ3v) is 5.30. The monoisotopic (exact) mass is 438 g/mol. The van der Waals surface area contributed by atoms with Gasteiger partial charge in [-0.3, -0.25) is 9.59 Å². The summed E-state index contributed by atoms with van der Waals surface area (Å²) in [5.74, 6) is -0.394. The van der Waals surface area contributed by atoms with Gasteiger partial charge in [0.2, 0.25) is 5.91 Å². The van der Waals surface area contributed by atoms with Crippen LogP contribution >= 0.6 is 11.6 Å². The van der Waals surface area contributed by atoms with Crippen molar-refractivity contribution in [2.45, 2.75) is 13.0 Å². The Balaban J connectivity index is 1.82. The molecule has 158 valence electrons. The zero-order valence-corrected chi connectivity index (χ0v) is 17.5. The maximum Gasteiger partial charge on any atom is 0.255 e. The second-order valence-electron chi connectivity index (χ2n) is 7.12. The van der Waals surface area contributed by atoms with Gasteiger partial charge in [-0.05, 0) is 67.1 Å². The molecule has 7 heteroatoms. The van der Waals surface area contributed by atoms with Crippen LogP contribution in [-0.4, -0.2) is 29.9 Å². The van der Waals surface area contributed by atoms with Crippen molar-refractivity contribution >= 4 is 29.1 Å². The standard InChI is InChI=1S/C24H20ClFN2O3/c1-2-31-19-10-5-16(6-11-19)24(30)28-14-22(29)27-21-12-7-17(25)13-20(21)23(28)15-3-8-18(26)9-4-15/h3-13,23H,2,14H2,1H3,(H,27,29)/t23-/m1/s1. The van der Waals surface area contributed by atoms with Gasteiger partial charge in [-0.1, -0.05) is 23.7 Å². The van der Waals surface area contributed by atoms with E-state index in [1.54, 1.807) is 54.6 Å². The molecule has 31 heavy (non-hydrogen) atoms. The summed E-state index contributed by atoms with van der Waals surface area (Å²) in [4.78, 5) is 27.6. The molecular weight excluding hydrogens is 419 g/mol. The summed E-state index contributed by atoms with van der Waals surface area (Å²) in [5, 5.41) is 3.31. The zero-order valence-electron chi connectivity index (χ0n) is 16.8. The van der Waals surface area contributed by atoms with E-state index in [-0.39, 0.29) is 24.2 Å². The molecule has 3 aromatic rings. The number of carbonyl (C=O) groups excluding carboxylic acids is 2. The van der Waals surface area contributed by atoms with Crippen molar-refractivity contribution in [2.75, 3.05) is 18.5 Å². The summed E-state index contributed by atoms with van der Waals surface area (Å²) in [6.07, 6.45) is 0. The van der Waals surface area contributed by atoms with E-state index in [2.05, 4.69) is 5.32 Å². The van der Waals surface area contributed by atoms with E-state index in [1.165, 1.54) is 17.0 Å². The first kappa shape index (κ1) is 20.9. The quantitative estimate of drug-likeness (QED) is 0.619. The summed E-state index contributed by atoms with van der Waals surface area (Å²) in [6, 6.07) is 17.1. The molecule has 0 saturated heterocycles. The van der Waals surface area contributed by atoms with Gasteiger partial charge in [0.1, 0.15) is 18.1 Å². The minimum atomic E-state index is -0.632. The largest absolute Gasteiger partial charge is 0.494 e. The number of benzene rings is 3. The molecule has 1 aliphatic heterocycles. The highest BCUT2D eigenvalue weighted by Crippen LogP contribution is 2.38. The molecule has 5 nitrogen and oxygen atoms in total. The van der Waals surface area contributed by atoms with E-state index in [4.69, 9.17) is 16.3 Å². The van der Waals surface area contributed by atoms with E-state index in [1.807, 2.05) is 6.92 Å². The molecule has 3 aromatic carbocycles. The number of halogens is 2. The fourth-order valence-corrected chi connectivity index (χ4v) is 3.88. The van der Waals surface area contributed by atoms with Crippen LogP contribution in [0.4, 0.5) is 10.1 Å². The molecule has 0 radical (unpaired) electrons. The second-order valence-corrected chi connectivity index (χ2v) is 7.56. The number of fused-ring (bicyclic) bond motifs is 1. The van der Waals surface area contributed by atoms with Crippen LogP contribution in [0.2, 0.25) is 5.02 Å². The van der Waals surface area contributed by atoms with Crippen LogP contribution in [0.5, 0.6) is 5.75 Å². The van der Waals surface area contributed by atoms with Crippen molar-refractivity contribution in [1.82, 2.24) is 4.90 Å². The molecule has 0 aliphatic carbocycles. The lowest BCUT2D eigenvalue weighted by Crippen LogP contribution is -2.39. The van der Waals surface area contributed by atoms with Crippen LogP contribution in [0.25, 0.3) is 0 Å². The van der Waals surface area contributed by atoms with Gasteiger partial charge in [-0.2, -0.15) is 0 Å². The molecule has 2 amide bonds. The molecule has 1 N–H and O–H groups in total. The molecule has 0 unspecified atom stereocenters. The first-order valence-electron chi connectivity index (χ1n) is 9.85. The number of hydrogen-bond acceptors (Lipinski definition) is 3. The minimum absolute atomic E-state index is 0.166. The number of nitrogens with one attached hydrogen (secondary N) is 1. The fraction of sp³-hybridized carbons (Fsp3) is 0.167. The maximum atomic E-state index is 13.6. The lowest BCUT2D eigenvalue weighted by molar-refractivity contribution is -0.117. The van der Waals surface area contributed by atoms with E-state index >= 15 is 0 Å². The molecule has 0 spiro atoms. The Labute approximate surface area is 184 Å². The van der Waals surface area contributed by atoms with Gasteiger partial charge in [-0.15, -0.1) is 0 Å². The number of anilines is 1. The highest BCUT2D eigenvalue weighted by atomic mass is 35.5. The van der Waals surface area contributed by atoms with Crippen molar-refractivity contribution in [3.63, 3.8) is 0 Å². The third-order valence-electron chi connectivity index (χ3n) is 5.07. The van der Waals surface area contributed by atoms with Crippen molar-refractivity contribution in [3.8, 4) is 5.75 Å². The zero-order chi connectivity index (χ0) is 22.0. The van der Waals surface area contributed by atoms with Crippen molar-refractivity contribution in [2.24, 2.45) is 0 Å². The molecule has 4 rings (SSSR count). The fourth-order valence-electron chi connectivity index (χ4n) is 3.70. The second kappa shape index (κ2) is 8.78. The predicted molar refractivity (Wildman–Crippen MR) is 117 cm³/mol. The molecule has 1 atom stereocenters. The normalized spacial score (nSPS) is 15.6. The van der Waals surface area contributed by atoms with E-state index in [9.17, 15) is 14.0 Å². The van der Waals surface area contributed by atoms with Crippen molar-refractivity contribution < 1.29 is 18.7 Å². The Morgan fingerprint density at radius 1 is 1.13 bits per heavy atom. The molecule has 0 saturated carbocycles. The van der Waals surface area contributed by atoms with Gasteiger partial charge in [-0.25, -0.2) is 4.39 Å². The average molecular weight is 439 g/mol. The van der Waals surface area contributed by atoms with Crippen molar-refractivity contribution in [3.05, 3.63) is 94.3 Å². The SMILES string of the molecule is CCOc1ccc(C(=O)N2CC(=O)Nc3ccc(Cl)cc3[C@H]2c2ccc(F)cc2)cc1. The first-order valence-corrected chi connectivity index (χ1v) is 10.2. The minimum Gasteiger partial charge on any atom is -0.494 e. The molecule has 0 aromatic heterocycles. The summed E-state index contributed by atoms with van der Waals surface area (Å²) in [7, 11) is 0. The van der Waals surface area contributed by atoms with Crippen LogP contribution in [0.1, 0.15) is 34.5 Å². The number of ether oxygens (including phenoxy) is 1. The Morgan fingerprint density at radius 2 is 1.84 bits per heavy atom. The molecular formula is C24H20ClFN2O3. The van der Waals surface area contributed by atoms with Gasteiger partial charge in [0.15, 0.2) is 0 Å². The predicted octanol–water partition coefficient (Wildman–Crippen LogP) is 5.06. The summed E-state index contributed by atoms with van der Waals surface area (Å²) >= 11 is 6.25. The third kappa shape index (κ3) is 4.39. The summed E-state index contributed by atoms with van der Waals surface area (Å²) < 4.78 is 19.0. The number of amides is 2.